The van der Waals surface area contributed by atoms with Crippen molar-refractivity contribution < 1.29 is 8.78 Å². The van der Waals surface area contributed by atoms with Gasteiger partial charge >= 0.3 is 0 Å². The van der Waals surface area contributed by atoms with Crippen LogP contribution in [0.25, 0.3) is 0 Å². The van der Waals surface area contributed by atoms with Crippen LogP contribution in [0.2, 0.25) is 0 Å². The Balaban J connectivity index is 1.84. The molecule has 3 rings (SSSR count). The molecule has 1 aromatic carbocycles. The average Bonchev–Trinajstić information content (AvgIpc) is 2.81. The molecule has 0 spiro atoms. The molecule has 1 heterocycles. The van der Waals surface area contributed by atoms with Gasteiger partial charge in [-0.25, -0.2) is 8.78 Å². The Morgan fingerprint density at radius 1 is 1.19 bits per heavy atom. The van der Waals surface area contributed by atoms with Gasteiger partial charge in [-0.15, -0.1) is 0 Å². The number of nitrogens with one attached hydrogen (secondary N) is 1. The van der Waals surface area contributed by atoms with E-state index < -0.39 is 11.6 Å². The molecule has 2 aromatic rings. The van der Waals surface area contributed by atoms with Crippen molar-refractivity contribution in [1.29, 1.82) is 0 Å². The van der Waals surface area contributed by atoms with Crippen LogP contribution in [0.3, 0.4) is 0 Å². The molecule has 2 nitrogen and oxygen atoms in total. The van der Waals surface area contributed by atoms with E-state index in [2.05, 4.69) is 24.6 Å². The Labute approximate surface area is 123 Å². The lowest BCUT2D eigenvalue weighted by Gasteiger charge is -2.22. The highest BCUT2D eigenvalue weighted by atomic mass is 19.1. The van der Waals surface area contributed by atoms with Crippen molar-refractivity contribution in [3.05, 3.63) is 58.9 Å². The van der Waals surface area contributed by atoms with Gasteiger partial charge in [0, 0.05) is 31.0 Å². The van der Waals surface area contributed by atoms with E-state index in [0.717, 1.165) is 25.5 Å². The van der Waals surface area contributed by atoms with Crippen molar-refractivity contribution in [2.45, 2.75) is 38.8 Å². The minimum Gasteiger partial charge on any atom is -0.349 e. The summed E-state index contributed by atoms with van der Waals surface area (Å²) in [6.45, 7) is 3.56. The van der Waals surface area contributed by atoms with E-state index in [1.165, 1.54) is 29.7 Å². The third-order valence-electron chi connectivity index (χ3n) is 4.05. The number of hydrogen-bond donors (Lipinski definition) is 1. The fourth-order valence-electron chi connectivity index (χ4n) is 3.21. The van der Waals surface area contributed by atoms with Gasteiger partial charge in [0.05, 0.1) is 0 Å². The molecular formula is C17H20F2N2. The summed E-state index contributed by atoms with van der Waals surface area (Å²) in [5, 5.41) is 3.50. The van der Waals surface area contributed by atoms with Crippen LogP contribution in [0.4, 0.5) is 8.78 Å². The van der Waals surface area contributed by atoms with Crippen LogP contribution in [0, 0.1) is 11.6 Å². The van der Waals surface area contributed by atoms with Gasteiger partial charge < -0.3 is 9.88 Å². The predicted octanol–water partition coefficient (Wildman–Crippen LogP) is 3.80. The number of nitrogens with zero attached hydrogens (tertiary/aromatic N) is 1. The van der Waals surface area contributed by atoms with Crippen LogP contribution in [-0.4, -0.2) is 11.1 Å². The quantitative estimate of drug-likeness (QED) is 0.906. The Kier molecular flexibility index (Phi) is 4.06. The highest BCUT2D eigenvalue weighted by molar-refractivity contribution is 5.31. The van der Waals surface area contributed by atoms with Gasteiger partial charge in [-0.05, 0) is 54.6 Å². The van der Waals surface area contributed by atoms with Crippen LogP contribution in [0.5, 0.6) is 0 Å². The van der Waals surface area contributed by atoms with Crippen molar-refractivity contribution in [1.82, 2.24) is 9.88 Å². The van der Waals surface area contributed by atoms with Crippen LogP contribution in [0.1, 0.15) is 42.5 Å². The third-order valence-corrected chi connectivity index (χ3v) is 4.05. The van der Waals surface area contributed by atoms with Gasteiger partial charge in [0.25, 0.3) is 0 Å². The van der Waals surface area contributed by atoms with Gasteiger partial charge in [0.1, 0.15) is 11.6 Å². The molecule has 1 aliphatic carbocycles. The SMILES string of the molecule is CCNC1CCCc2cn(Cc3cc(F)cc(F)c3)cc21. The Morgan fingerprint density at radius 3 is 2.67 bits per heavy atom. The maximum absolute atomic E-state index is 13.3. The summed E-state index contributed by atoms with van der Waals surface area (Å²) in [4.78, 5) is 0. The second-order valence-electron chi connectivity index (χ2n) is 5.69. The summed E-state index contributed by atoms with van der Waals surface area (Å²) in [7, 11) is 0. The molecule has 0 bridgehead atoms. The molecule has 1 N–H and O–H groups in total. The van der Waals surface area contributed by atoms with Crippen LogP contribution >= 0.6 is 0 Å². The third kappa shape index (κ3) is 3.16. The number of hydrogen-bond acceptors (Lipinski definition) is 1. The molecular weight excluding hydrogens is 270 g/mol. The zero-order valence-corrected chi connectivity index (χ0v) is 12.2. The average molecular weight is 290 g/mol. The first-order chi connectivity index (χ1) is 10.2. The standard InChI is InChI=1S/C17H20F2N2/c1-2-20-17-5-3-4-13-10-21(11-16(13)17)9-12-6-14(18)8-15(19)7-12/h6-8,10-11,17,20H,2-5,9H2,1H3. The molecule has 0 fully saturated rings. The van der Waals surface area contributed by atoms with E-state index in [-0.39, 0.29) is 0 Å². The normalized spacial score (nSPS) is 17.8. The molecule has 1 aromatic heterocycles. The van der Waals surface area contributed by atoms with Crippen molar-refractivity contribution in [2.24, 2.45) is 0 Å². The number of aromatic nitrogens is 1. The molecule has 4 heteroatoms. The summed E-state index contributed by atoms with van der Waals surface area (Å²) in [5.41, 5.74) is 3.34. The zero-order valence-electron chi connectivity index (χ0n) is 12.2. The highest BCUT2D eigenvalue weighted by Gasteiger charge is 2.21. The molecule has 0 saturated heterocycles. The number of fused-ring (bicyclic) bond motifs is 1. The Hall–Kier alpha value is -1.68. The van der Waals surface area contributed by atoms with E-state index in [4.69, 9.17) is 0 Å². The summed E-state index contributed by atoms with van der Waals surface area (Å²) in [6, 6.07) is 4.10. The Morgan fingerprint density at radius 2 is 1.95 bits per heavy atom. The van der Waals surface area contributed by atoms with Gasteiger partial charge in [0.2, 0.25) is 0 Å². The molecule has 0 radical (unpaired) electrons. The second kappa shape index (κ2) is 5.98. The second-order valence-corrected chi connectivity index (χ2v) is 5.69. The number of aryl methyl sites for hydroxylation is 1. The summed E-state index contributed by atoms with van der Waals surface area (Å²) >= 11 is 0. The van der Waals surface area contributed by atoms with Crippen LogP contribution < -0.4 is 5.32 Å². The molecule has 1 atom stereocenters. The monoisotopic (exact) mass is 290 g/mol. The van der Waals surface area contributed by atoms with E-state index in [0.29, 0.717) is 18.2 Å². The van der Waals surface area contributed by atoms with E-state index in [1.807, 2.05) is 4.57 Å². The predicted molar refractivity (Wildman–Crippen MR) is 79.2 cm³/mol. The van der Waals surface area contributed by atoms with Crippen molar-refractivity contribution in [3.63, 3.8) is 0 Å². The fraction of sp³-hybridized carbons (Fsp3) is 0.412. The Bertz CT molecular complexity index is 613. The lowest BCUT2D eigenvalue weighted by Crippen LogP contribution is -2.23. The molecule has 1 unspecified atom stereocenters. The lowest BCUT2D eigenvalue weighted by atomic mass is 9.91. The first kappa shape index (κ1) is 14.3. The molecule has 112 valence electrons. The van der Waals surface area contributed by atoms with E-state index >= 15 is 0 Å². The van der Waals surface area contributed by atoms with Crippen molar-refractivity contribution >= 4 is 0 Å². The van der Waals surface area contributed by atoms with Crippen LogP contribution in [0.15, 0.2) is 30.6 Å². The largest absolute Gasteiger partial charge is 0.349 e. The summed E-state index contributed by atoms with van der Waals surface area (Å²) < 4.78 is 28.6. The highest BCUT2D eigenvalue weighted by Crippen LogP contribution is 2.30. The minimum absolute atomic E-state index is 0.407. The van der Waals surface area contributed by atoms with Gasteiger partial charge in [-0.1, -0.05) is 6.92 Å². The molecule has 1 aliphatic rings. The van der Waals surface area contributed by atoms with Crippen molar-refractivity contribution in [3.8, 4) is 0 Å². The lowest BCUT2D eigenvalue weighted by molar-refractivity contribution is 0.473. The molecule has 21 heavy (non-hydrogen) atoms. The maximum Gasteiger partial charge on any atom is 0.126 e. The first-order valence-electron chi connectivity index (χ1n) is 7.52. The van der Waals surface area contributed by atoms with E-state index in [9.17, 15) is 8.78 Å². The van der Waals surface area contributed by atoms with E-state index in [1.54, 1.807) is 0 Å². The van der Waals surface area contributed by atoms with Gasteiger partial charge in [0.15, 0.2) is 0 Å². The number of benzene rings is 1. The number of halogens is 2. The fourth-order valence-corrected chi connectivity index (χ4v) is 3.21. The summed E-state index contributed by atoms with van der Waals surface area (Å²) in [6.07, 6.45) is 7.65. The maximum atomic E-state index is 13.3. The molecule has 0 amide bonds. The van der Waals surface area contributed by atoms with Gasteiger partial charge in [-0.2, -0.15) is 0 Å². The molecule has 0 saturated carbocycles. The minimum atomic E-state index is -0.521. The first-order valence-corrected chi connectivity index (χ1v) is 7.52. The zero-order chi connectivity index (χ0) is 14.8. The summed E-state index contributed by atoms with van der Waals surface area (Å²) in [5.74, 6) is -1.04. The smallest absolute Gasteiger partial charge is 0.126 e. The van der Waals surface area contributed by atoms with Crippen molar-refractivity contribution in [2.75, 3.05) is 6.54 Å². The van der Waals surface area contributed by atoms with Gasteiger partial charge in [-0.3, -0.25) is 0 Å². The molecule has 0 aliphatic heterocycles. The number of rotatable bonds is 4. The van der Waals surface area contributed by atoms with Crippen LogP contribution in [-0.2, 0) is 13.0 Å². The topological polar surface area (TPSA) is 17.0 Å².